The number of nitriles is 1. The summed E-state index contributed by atoms with van der Waals surface area (Å²) in [5.74, 6) is 1.13. The summed E-state index contributed by atoms with van der Waals surface area (Å²) in [5.41, 5.74) is 1.06. The van der Waals surface area contributed by atoms with Gasteiger partial charge in [-0.1, -0.05) is 6.07 Å². The molecule has 7 nitrogen and oxygen atoms in total. The Labute approximate surface area is 134 Å². The van der Waals surface area contributed by atoms with Gasteiger partial charge in [0.1, 0.15) is 0 Å². The molecule has 1 aliphatic heterocycles. The van der Waals surface area contributed by atoms with Crippen molar-refractivity contribution in [3.8, 4) is 6.07 Å². The smallest absolute Gasteiger partial charge is 0.253 e. The van der Waals surface area contributed by atoms with Crippen LogP contribution in [0.15, 0.2) is 28.7 Å². The lowest BCUT2D eigenvalue weighted by Gasteiger charge is -2.34. The molecule has 0 saturated carbocycles. The lowest BCUT2D eigenvalue weighted by Crippen LogP contribution is -2.48. The van der Waals surface area contributed by atoms with E-state index in [4.69, 9.17) is 9.68 Å². The summed E-state index contributed by atoms with van der Waals surface area (Å²) in [6, 6.07) is 8.87. The second-order valence-electron chi connectivity index (χ2n) is 5.48. The predicted octanol–water partition coefficient (Wildman–Crippen LogP) is 1.21. The van der Waals surface area contributed by atoms with E-state index in [1.165, 1.54) is 0 Å². The summed E-state index contributed by atoms with van der Waals surface area (Å²) >= 11 is 0. The topological polar surface area (TPSA) is 86.3 Å². The largest absolute Gasteiger partial charge is 0.424 e. The second kappa shape index (κ2) is 6.58. The first kappa shape index (κ1) is 15.2. The number of piperazine rings is 1. The number of carbonyl (C=O) groups excluding carboxylic acids is 1. The van der Waals surface area contributed by atoms with E-state index in [0.29, 0.717) is 42.5 Å². The molecule has 3 rings (SSSR count). The van der Waals surface area contributed by atoms with Crippen molar-refractivity contribution in [2.75, 3.05) is 26.2 Å². The summed E-state index contributed by atoms with van der Waals surface area (Å²) in [5, 5.41) is 16.7. The monoisotopic (exact) mass is 311 g/mol. The van der Waals surface area contributed by atoms with Crippen LogP contribution in [0.4, 0.5) is 0 Å². The maximum atomic E-state index is 12.5. The average molecular weight is 311 g/mol. The van der Waals surface area contributed by atoms with Crippen LogP contribution in [0.1, 0.15) is 27.7 Å². The highest BCUT2D eigenvalue weighted by atomic mass is 16.4. The van der Waals surface area contributed by atoms with E-state index in [9.17, 15) is 4.79 Å². The Morgan fingerprint density at radius 2 is 2.09 bits per heavy atom. The fraction of sp³-hybridized carbons (Fsp3) is 0.375. The SMILES string of the molecule is Cc1nnc(CN2CCN(C(=O)c3cccc(C#N)c3)CC2)o1. The first-order valence-electron chi connectivity index (χ1n) is 7.46. The molecule has 1 aromatic heterocycles. The maximum absolute atomic E-state index is 12.5. The van der Waals surface area contributed by atoms with Crippen LogP contribution in [-0.2, 0) is 6.54 Å². The third kappa shape index (κ3) is 3.55. The Morgan fingerprint density at radius 1 is 1.30 bits per heavy atom. The third-order valence-corrected chi connectivity index (χ3v) is 3.82. The Bertz CT molecular complexity index is 741. The molecule has 1 fully saturated rings. The molecular weight excluding hydrogens is 294 g/mol. The molecule has 1 aromatic carbocycles. The van der Waals surface area contributed by atoms with Crippen LogP contribution in [0, 0.1) is 18.3 Å². The van der Waals surface area contributed by atoms with Crippen LogP contribution in [0.25, 0.3) is 0 Å². The van der Waals surface area contributed by atoms with Crippen LogP contribution in [0.3, 0.4) is 0 Å². The highest BCUT2D eigenvalue weighted by molar-refractivity contribution is 5.94. The average Bonchev–Trinajstić information content (AvgIpc) is 3.00. The Balaban J connectivity index is 1.58. The van der Waals surface area contributed by atoms with Gasteiger partial charge >= 0.3 is 0 Å². The highest BCUT2D eigenvalue weighted by Gasteiger charge is 2.23. The van der Waals surface area contributed by atoms with Crippen molar-refractivity contribution in [1.82, 2.24) is 20.0 Å². The highest BCUT2D eigenvalue weighted by Crippen LogP contribution is 2.12. The Hall–Kier alpha value is -2.72. The molecule has 0 spiro atoms. The molecule has 7 heteroatoms. The van der Waals surface area contributed by atoms with Crippen LogP contribution >= 0.6 is 0 Å². The van der Waals surface area contributed by atoms with E-state index in [-0.39, 0.29) is 5.91 Å². The van der Waals surface area contributed by atoms with Gasteiger partial charge in [-0.05, 0) is 18.2 Å². The number of benzene rings is 1. The minimum Gasteiger partial charge on any atom is -0.424 e. The zero-order valence-corrected chi connectivity index (χ0v) is 12.9. The number of hydrogen-bond acceptors (Lipinski definition) is 6. The normalized spacial score (nSPS) is 15.4. The molecular formula is C16H17N5O2. The molecule has 0 atom stereocenters. The van der Waals surface area contributed by atoms with Gasteiger partial charge in [0.15, 0.2) is 0 Å². The lowest BCUT2D eigenvalue weighted by atomic mass is 10.1. The molecule has 118 valence electrons. The summed E-state index contributed by atoms with van der Waals surface area (Å²) < 4.78 is 5.38. The van der Waals surface area contributed by atoms with Crippen molar-refractivity contribution in [3.05, 3.63) is 47.2 Å². The molecule has 23 heavy (non-hydrogen) atoms. The van der Waals surface area contributed by atoms with Gasteiger partial charge in [-0.25, -0.2) is 0 Å². The van der Waals surface area contributed by atoms with Gasteiger partial charge in [-0.3, -0.25) is 9.69 Å². The molecule has 1 saturated heterocycles. The zero-order valence-electron chi connectivity index (χ0n) is 12.9. The molecule has 0 unspecified atom stereocenters. The van der Waals surface area contributed by atoms with Crippen molar-refractivity contribution < 1.29 is 9.21 Å². The van der Waals surface area contributed by atoms with Gasteiger partial charge in [0.05, 0.1) is 18.2 Å². The van der Waals surface area contributed by atoms with Gasteiger partial charge in [0, 0.05) is 38.7 Å². The first-order chi connectivity index (χ1) is 11.2. The quantitative estimate of drug-likeness (QED) is 0.847. The summed E-state index contributed by atoms with van der Waals surface area (Å²) in [6.07, 6.45) is 0. The van der Waals surface area contributed by atoms with Gasteiger partial charge in [0.2, 0.25) is 11.8 Å². The summed E-state index contributed by atoms with van der Waals surface area (Å²) in [7, 11) is 0. The molecule has 0 radical (unpaired) electrons. The van der Waals surface area contributed by atoms with E-state index in [1.807, 2.05) is 4.90 Å². The fourth-order valence-corrected chi connectivity index (χ4v) is 2.61. The minimum absolute atomic E-state index is 0.0321. The number of rotatable bonds is 3. The van der Waals surface area contributed by atoms with Crippen molar-refractivity contribution >= 4 is 5.91 Å². The number of carbonyl (C=O) groups is 1. The number of aryl methyl sites for hydroxylation is 1. The van der Waals surface area contributed by atoms with Gasteiger partial charge in [-0.15, -0.1) is 10.2 Å². The molecule has 1 aliphatic rings. The van der Waals surface area contributed by atoms with Crippen LogP contribution in [0.5, 0.6) is 0 Å². The van der Waals surface area contributed by atoms with Crippen LogP contribution in [-0.4, -0.2) is 52.1 Å². The van der Waals surface area contributed by atoms with Crippen molar-refractivity contribution in [2.45, 2.75) is 13.5 Å². The molecule has 0 N–H and O–H groups in total. The Morgan fingerprint density at radius 3 is 2.74 bits per heavy atom. The lowest BCUT2D eigenvalue weighted by molar-refractivity contribution is 0.0617. The zero-order chi connectivity index (χ0) is 16.2. The number of nitrogens with zero attached hydrogens (tertiary/aromatic N) is 5. The number of aromatic nitrogens is 2. The van der Waals surface area contributed by atoms with E-state index in [1.54, 1.807) is 31.2 Å². The van der Waals surface area contributed by atoms with Crippen molar-refractivity contribution in [3.63, 3.8) is 0 Å². The standard InChI is InChI=1S/C16H17N5O2/c1-12-18-19-15(23-12)11-20-5-7-21(8-6-20)16(22)14-4-2-3-13(9-14)10-17/h2-4,9H,5-8,11H2,1H3. The number of amides is 1. The van der Waals surface area contributed by atoms with Gasteiger partial charge < -0.3 is 9.32 Å². The number of hydrogen-bond donors (Lipinski definition) is 0. The molecule has 2 aromatic rings. The predicted molar refractivity (Wildman–Crippen MR) is 81.4 cm³/mol. The van der Waals surface area contributed by atoms with Crippen LogP contribution in [0.2, 0.25) is 0 Å². The van der Waals surface area contributed by atoms with Gasteiger partial charge in [0.25, 0.3) is 5.91 Å². The third-order valence-electron chi connectivity index (χ3n) is 3.82. The second-order valence-corrected chi connectivity index (χ2v) is 5.48. The van der Waals surface area contributed by atoms with E-state index in [2.05, 4.69) is 21.2 Å². The first-order valence-corrected chi connectivity index (χ1v) is 7.46. The molecule has 0 bridgehead atoms. The van der Waals surface area contributed by atoms with Crippen molar-refractivity contribution in [2.24, 2.45) is 0 Å². The Kier molecular flexibility index (Phi) is 4.35. The molecule has 0 aliphatic carbocycles. The summed E-state index contributed by atoms with van der Waals surface area (Å²) in [6.45, 7) is 5.16. The minimum atomic E-state index is -0.0321. The van der Waals surface area contributed by atoms with Crippen molar-refractivity contribution in [1.29, 1.82) is 5.26 Å². The fourth-order valence-electron chi connectivity index (χ4n) is 2.61. The van der Waals surface area contributed by atoms with E-state index in [0.717, 1.165) is 13.1 Å². The van der Waals surface area contributed by atoms with Gasteiger partial charge in [-0.2, -0.15) is 5.26 Å². The van der Waals surface area contributed by atoms with E-state index < -0.39 is 0 Å². The molecule has 1 amide bonds. The molecule has 2 heterocycles. The maximum Gasteiger partial charge on any atom is 0.253 e. The van der Waals surface area contributed by atoms with E-state index >= 15 is 0 Å². The van der Waals surface area contributed by atoms with Crippen LogP contribution < -0.4 is 0 Å². The summed E-state index contributed by atoms with van der Waals surface area (Å²) in [4.78, 5) is 16.5.